The molecule has 22 heavy (non-hydrogen) atoms. The topological polar surface area (TPSA) is 71.1 Å². The van der Waals surface area contributed by atoms with Gasteiger partial charge >= 0.3 is 11.8 Å². The summed E-state index contributed by atoms with van der Waals surface area (Å²) in [6, 6.07) is 9.02. The number of aryl methyl sites for hydroxylation is 1. The Morgan fingerprint density at radius 2 is 1.86 bits per heavy atom. The van der Waals surface area contributed by atoms with Gasteiger partial charge in [0, 0.05) is 6.20 Å². The highest BCUT2D eigenvalue weighted by molar-refractivity contribution is 6.39. The van der Waals surface area contributed by atoms with Gasteiger partial charge in [0.05, 0.1) is 17.9 Å². The van der Waals surface area contributed by atoms with Gasteiger partial charge in [-0.25, -0.2) is 0 Å². The van der Waals surface area contributed by atoms with Crippen LogP contribution in [0.2, 0.25) is 0 Å². The first-order chi connectivity index (χ1) is 10.5. The number of anilines is 1. The third-order valence-corrected chi connectivity index (χ3v) is 3.59. The minimum absolute atomic E-state index is 0.243. The summed E-state index contributed by atoms with van der Waals surface area (Å²) in [5, 5.41) is 5.22. The molecular weight excluding hydrogens is 278 g/mol. The maximum absolute atomic E-state index is 12.0. The van der Waals surface area contributed by atoms with Crippen molar-refractivity contribution in [2.75, 3.05) is 5.32 Å². The Hall–Kier alpha value is -2.69. The molecule has 0 aliphatic heterocycles. The van der Waals surface area contributed by atoms with Gasteiger partial charge in [-0.3, -0.25) is 14.6 Å². The van der Waals surface area contributed by atoms with Crippen LogP contribution in [0.1, 0.15) is 29.7 Å². The van der Waals surface area contributed by atoms with Crippen molar-refractivity contribution in [3.05, 3.63) is 59.4 Å². The fourth-order valence-corrected chi connectivity index (χ4v) is 2.21. The van der Waals surface area contributed by atoms with Crippen molar-refractivity contribution in [3.63, 3.8) is 0 Å². The van der Waals surface area contributed by atoms with Crippen molar-refractivity contribution in [1.29, 1.82) is 0 Å². The highest BCUT2D eigenvalue weighted by Gasteiger charge is 2.18. The van der Waals surface area contributed by atoms with E-state index >= 15 is 0 Å². The van der Waals surface area contributed by atoms with Crippen molar-refractivity contribution in [2.24, 2.45) is 0 Å². The molecule has 1 heterocycles. The summed E-state index contributed by atoms with van der Waals surface area (Å²) < 4.78 is 0. The molecule has 2 aromatic rings. The maximum Gasteiger partial charge on any atom is 0.313 e. The Labute approximate surface area is 129 Å². The Morgan fingerprint density at radius 3 is 2.55 bits per heavy atom. The fourth-order valence-electron chi connectivity index (χ4n) is 2.21. The van der Waals surface area contributed by atoms with Crippen LogP contribution in [0.15, 0.2) is 42.7 Å². The number of amides is 2. The van der Waals surface area contributed by atoms with E-state index in [-0.39, 0.29) is 6.04 Å². The van der Waals surface area contributed by atoms with Crippen LogP contribution < -0.4 is 10.6 Å². The molecule has 1 aromatic heterocycles. The minimum Gasteiger partial charge on any atom is -0.341 e. The number of hydrogen-bond donors (Lipinski definition) is 2. The molecule has 0 saturated carbocycles. The van der Waals surface area contributed by atoms with Gasteiger partial charge in [0.25, 0.3) is 0 Å². The van der Waals surface area contributed by atoms with E-state index in [9.17, 15) is 9.59 Å². The Bertz CT molecular complexity index is 684. The van der Waals surface area contributed by atoms with Crippen LogP contribution in [0.5, 0.6) is 0 Å². The molecule has 5 nitrogen and oxygen atoms in total. The molecule has 0 unspecified atom stereocenters. The van der Waals surface area contributed by atoms with E-state index in [1.54, 1.807) is 18.3 Å². The summed E-state index contributed by atoms with van der Waals surface area (Å²) in [7, 11) is 0. The molecule has 0 saturated heterocycles. The van der Waals surface area contributed by atoms with E-state index < -0.39 is 11.8 Å². The van der Waals surface area contributed by atoms with Crippen molar-refractivity contribution in [1.82, 2.24) is 10.3 Å². The van der Waals surface area contributed by atoms with Gasteiger partial charge in [0.15, 0.2) is 0 Å². The molecule has 2 amide bonds. The lowest BCUT2D eigenvalue weighted by Gasteiger charge is -2.17. The number of carbonyl (C=O) groups is 2. The van der Waals surface area contributed by atoms with Crippen LogP contribution in [0.25, 0.3) is 0 Å². The van der Waals surface area contributed by atoms with Crippen LogP contribution in [0, 0.1) is 13.8 Å². The molecule has 114 valence electrons. The predicted octanol–water partition coefficient (Wildman–Crippen LogP) is 2.51. The van der Waals surface area contributed by atoms with Gasteiger partial charge in [-0.1, -0.05) is 18.2 Å². The smallest absolute Gasteiger partial charge is 0.313 e. The van der Waals surface area contributed by atoms with Gasteiger partial charge in [0.1, 0.15) is 0 Å². The Balaban J connectivity index is 2.02. The molecular formula is C17H19N3O2. The van der Waals surface area contributed by atoms with Gasteiger partial charge in [-0.15, -0.1) is 0 Å². The molecule has 0 radical (unpaired) electrons. The number of nitrogens with one attached hydrogen (secondary N) is 2. The molecule has 5 heteroatoms. The average Bonchev–Trinajstić information content (AvgIpc) is 2.50. The molecule has 2 rings (SSSR count). The van der Waals surface area contributed by atoms with Crippen molar-refractivity contribution < 1.29 is 9.59 Å². The highest BCUT2D eigenvalue weighted by atomic mass is 16.2. The molecule has 0 fully saturated rings. The summed E-state index contributed by atoms with van der Waals surface area (Å²) in [6.07, 6.45) is 3.08. The molecule has 0 aliphatic rings. The molecule has 1 atom stereocenters. The lowest BCUT2D eigenvalue weighted by Crippen LogP contribution is -2.37. The SMILES string of the molecule is Cc1cccc([C@H](C)NC(=O)C(=O)Nc2cccnc2)c1C. The zero-order valence-corrected chi connectivity index (χ0v) is 12.9. The molecule has 1 aromatic carbocycles. The van der Waals surface area contributed by atoms with Gasteiger partial charge < -0.3 is 10.6 Å². The second kappa shape index (κ2) is 6.85. The maximum atomic E-state index is 12.0. The summed E-state index contributed by atoms with van der Waals surface area (Å²) in [4.78, 5) is 27.7. The van der Waals surface area contributed by atoms with Crippen molar-refractivity contribution in [2.45, 2.75) is 26.8 Å². The quantitative estimate of drug-likeness (QED) is 0.855. The summed E-state index contributed by atoms with van der Waals surface area (Å²) in [5.41, 5.74) is 3.76. The molecule has 2 N–H and O–H groups in total. The van der Waals surface area contributed by atoms with E-state index in [1.165, 1.54) is 6.20 Å². The number of rotatable bonds is 3. The van der Waals surface area contributed by atoms with E-state index in [1.807, 2.05) is 39.0 Å². The first kappa shape index (κ1) is 15.7. The van der Waals surface area contributed by atoms with Crippen molar-refractivity contribution >= 4 is 17.5 Å². The summed E-state index contributed by atoms with van der Waals surface area (Å²) in [5.74, 6) is -1.37. The molecule has 0 aliphatic carbocycles. The first-order valence-corrected chi connectivity index (χ1v) is 7.07. The van der Waals surface area contributed by atoms with Crippen LogP contribution >= 0.6 is 0 Å². The number of benzene rings is 1. The molecule has 0 bridgehead atoms. The zero-order chi connectivity index (χ0) is 16.1. The highest BCUT2D eigenvalue weighted by Crippen LogP contribution is 2.19. The van der Waals surface area contributed by atoms with E-state index in [0.29, 0.717) is 5.69 Å². The third kappa shape index (κ3) is 3.69. The average molecular weight is 297 g/mol. The van der Waals surface area contributed by atoms with Crippen LogP contribution in [0.4, 0.5) is 5.69 Å². The lowest BCUT2D eigenvalue weighted by atomic mass is 9.98. The van der Waals surface area contributed by atoms with Crippen LogP contribution in [-0.2, 0) is 9.59 Å². The van der Waals surface area contributed by atoms with E-state index in [4.69, 9.17) is 0 Å². The minimum atomic E-state index is -0.704. The zero-order valence-electron chi connectivity index (χ0n) is 12.9. The van der Waals surface area contributed by atoms with E-state index in [2.05, 4.69) is 15.6 Å². The number of aromatic nitrogens is 1. The second-order valence-corrected chi connectivity index (χ2v) is 5.18. The monoisotopic (exact) mass is 297 g/mol. The standard InChI is InChI=1S/C17H19N3O2/c1-11-6-4-8-15(12(11)2)13(3)19-16(21)17(22)20-14-7-5-9-18-10-14/h4-10,13H,1-3H3,(H,19,21)(H,20,22)/t13-/m0/s1. The van der Waals surface area contributed by atoms with Crippen LogP contribution in [0.3, 0.4) is 0 Å². The normalized spacial score (nSPS) is 11.6. The second-order valence-electron chi connectivity index (χ2n) is 5.18. The Morgan fingerprint density at radius 1 is 1.09 bits per heavy atom. The predicted molar refractivity (Wildman–Crippen MR) is 85.3 cm³/mol. The van der Waals surface area contributed by atoms with Gasteiger partial charge in [-0.2, -0.15) is 0 Å². The van der Waals surface area contributed by atoms with Gasteiger partial charge in [0.2, 0.25) is 0 Å². The van der Waals surface area contributed by atoms with Crippen LogP contribution in [-0.4, -0.2) is 16.8 Å². The van der Waals surface area contributed by atoms with Crippen molar-refractivity contribution in [3.8, 4) is 0 Å². The third-order valence-electron chi connectivity index (χ3n) is 3.59. The lowest BCUT2D eigenvalue weighted by molar-refractivity contribution is -0.136. The number of hydrogen-bond acceptors (Lipinski definition) is 3. The van der Waals surface area contributed by atoms with Gasteiger partial charge in [-0.05, 0) is 49.6 Å². The fraction of sp³-hybridized carbons (Fsp3) is 0.235. The number of carbonyl (C=O) groups excluding carboxylic acids is 2. The largest absolute Gasteiger partial charge is 0.341 e. The number of pyridine rings is 1. The molecule has 0 spiro atoms. The Kier molecular flexibility index (Phi) is 4.88. The summed E-state index contributed by atoms with van der Waals surface area (Å²) >= 11 is 0. The summed E-state index contributed by atoms with van der Waals surface area (Å²) in [6.45, 7) is 5.88. The first-order valence-electron chi connectivity index (χ1n) is 7.07. The number of nitrogens with zero attached hydrogens (tertiary/aromatic N) is 1. The van der Waals surface area contributed by atoms with E-state index in [0.717, 1.165) is 16.7 Å².